The number of amides is 4. The molecule has 4 amide bonds. The van der Waals surface area contributed by atoms with Crippen molar-refractivity contribution in [1.82, 2.24) is 53.5 Å². The van der Waals surface area contributed by atoms with E-state index in [9.17, 15) is 19.2 Å². The molecule has 0 aliphatic carbocycles. The van der Waals surface area contributed by atoms with E-state index in [-0.39, 0.29) is 29.7 Å². The van der Waals surface area contributed by atoms with E-state index in [2.05, 4.69) is 25.5 Å². The lowest BCUT2D eigenvalue weighted by Crippen LogP contribution is -2.41. The Bertz CT molecular complexity index is 3090. The first kappa shape index (κ1) is 46.9. The van der Waals surface area contributed by atoms with Gasteiger partial charge in [-0.3, -0.25) is 33.6 Å². The van der Waals surface area contributed by atoms with Crippen LogP contribution in [-0.4, -0.2) is 103 Å². The third-order valence-electron chi connectivity index (χ3n) is 11.9. The van der Waals surface area contributed by atoms with Crippen LogP contribution in [0.25, 0.3) is 44.6 Å². The zero-order valence-corrected chi connectivity index (χ0v) is 39.6. The van der Waals surface area contributed by atoms with Crippen LogP contribution in [0.1, 0.15) is 103 Å². The number of hydrogen-bond acceptors (Lipinski definition) is 12. The van der Waals surface area contributed by atoms with E-state index >= 15 is 0 Å². The second-order valence-electron chi connectivity index (χ2n) is 18.1. The summed E-state index contributed by atoms with van der Waals surface area (Å²) in [7, 11) is 0. The molecule has 20 nitrogen and oxygen atoms in total. The molecule has 7 heterocycles. The Balaban J connectivity index is 1.11. The topological polar surface area (TPSA) is 251 Å². The van der Waals surface area contributed by atoms with Gasteiger partial charge in [0.25, 0.3) is 5.91 Å². The number of carbonyl (C=O) groups excluding carboxylic acids is 4. The molecule has 0 radical (unpaired) electrons. The van der Waals surface area contributed by atoms with Crippen LogP contribution in [0.4, 0.5) is 10.7 Å². The van der Waals surface area contributed by atoms with E-state index in [1.54, 1.807) is 44.6 Å². The van der Waals surface area contributed by atoms with Crippen molar-refractivity contribution in [2.75, 3.05) is 25.0 Å². The van der Waals surface area contributed by atoms with E-state index in [0.717, 1.165) is 37.1 Å². The molecular weight excluding hydrogens is 869 g/mol. The number of benzene rings is 1. The van der Waals surface area contributed by atoms with Crippen LogP contribution >= 0.6 is 0 Å². The molecule has 356 valence electrons. The monoisotopic (exact) mass is 926 g/mol. The summed E-state index contributed by atoms with van der Waals surface area (Å²) in [4.78, 5) is 72.1. The molecular formula is C48H58N14O6. The van der Waals surface area contributed by atoms with Gasteiger partial charge in [0.1, 0.15) is 33.9 Å². The van der Waals surface area contributed by atoms with Crippen molar-refractivity contribution in [2.45, 2.75) is 106 Å². The summed E-state index contributed by atoms with van der Waals surface area (Å²) in [6.45, 7) is 16.5. The van der Waals surface area contributed by atoms with Crippen LogP contribution < -0.4 is 21.5 Å². The summed E-state index contributed by atoms with van der Waals surface area (Å²) in [6, 6.07) is 8.62. The van der Waals surface area contributed by atoms with Gasteiger partial charge < -0.3 is 30.4 Å². The second-order valence-corrected chi connectivity index (χ2v) is 18.1. The number of primary amides is 2. The molecule has 1 aliphatic rings. The Morgan fingerprint density at radius 1 is 0.809 bits per heavy atom. The summed E-state index contributed by atoms with van der Waals surface area (Å²) in [5.74, 6) is -0.0748. The molecule has 1 fully saturated rings. The predicted octanol–water partition coefficient (Wildman–Crippen LogP) is 6.56. The van der Waals surface area contributed by atoms with E-state index in [0.29, 0.717) is 101 Å². The van der Waals surface area contributed by atoms with Crippen LogP contribution in [0.5, 0.6) is 5.75 Å². The van der Waals surface area contributed by atoms with Crippen molar-refractivity contribution in [2.24, 2.45) is 17.4 Å². The van der Waals surface area contributed by atoms with Crippen molar-refractivity contribution in [3.05, 3.63) is 83.1 Å². The molecule has 1 aliphatic heterocycles. The smallest absolute Gasteiger partial charge is 0.410 e. The Labute approximate surface area is 392 Å². The van der Waals surface area contributed by atoms with Crippen LogP contribution in [0, 0.1) is 19.8 Å². The van der Waals surface area contributed by atoms with Crippen LogP contribution in [-0.2, 0) is 30.9 Å². The molecule has 68 heavy (non-hydrogen) atoms. The summed E-state index contributed by atoms with van der Waals surface area (Å²) < 4.78 is 19.4. The number of likely N-dealkylation sites (tertiary alicyclic amines) is 1. The van der Waals surface area contributed by atoms with E-state index in [4.69, 9.17) is 30.9 Å². The lowest BCUT2D eigenvalue weighted by Gasteiger charge is -2.33. The van der Waals surface area contributed by atoms with Gasteiger partial charge in [0.05, 0.1) is 29.1 Å². The molecule has 7 aromatic rings. The third-order valence-corrected chi connectivity index (χ3v) is 11.9. The van der Waals surface area contributed by atoms with Crippen molar-refractivity contribution < 1.29 is 28.7 Å². The lowest BCUT2D eigenvalue weighted by atomic mass is 9.92. The zero-order chi connectivity index (χ0) is 48.4. The number of nitrogens with one attached hydrogen (secondary N) is 1. The first-order chi connectivity index (χ1) is 32.5. The molecule has 0 atom stereocenters. The number of rotatable bonds is 16. The second kappa shape index (κ2) is 19.3. The number of anilines is 1. The molecule has 1 aromatic carbocycles. The standard InChI is InChI=1S/C48H58N14O6/c1-8-61-36(21-28(3)56-61)42-51-27-34-33-23-31(40(49)63)25-38(67-20-12-13-30-14-18-58(19-15-30)47(66)68-48(5,6)7)39(33)59(43(34)54-42)16-10-11-17-60-44-35(24-32(26-52-44)41(50)64)53-46(60)55-45(65)37-22-29(4)57-62(37)9-2/h10-11,21-27,30H,8-9,12-20H2,1-7H3,(H2,49,63)(H2,50,64)(H,53,55,65)/b11-10+. The van der Waals surface area contributed by atoms with Gasteiger partial charge in [-0.25, -0.2) is 24.7 Å². The number of aryl methyl sites for hydroxylation is 4. The molecule has 0 saturated carbocycles. The highest BCUT2D eigenvalue weighted by Crippen LogP contribution is 2.37. The minimum absolute atomic E-state index is 0.179. The number of allylic oxidation sites excluding steroid dienone is 2. The Hall–Kier alpha value is -7.64. The number of nitrogens with zero attached hydrogens (tertiary/aromatic N) is 11. The molecule has 0 spiro atoms. The summed E-state index contributed by atoms with van der Waals surface area (Å²) in [5.41, 5.74) is 16.2. The summed E-state index contributed by atoms with van der Waals surface area (Å²) in [5, 5.41) is 13.4. The maximum absolute atomic E-state index is 13.6. The molecule has 0 bridgehead atoms. The molecule has 6 aromatic heterocycles. The van der Waals surface area contributed by atoms with E-state index in [1.807, 2.05) is 75.9 Å². The average molecular weight is 927 g/mol. The van der Waals surface area contributed by atoms with Gasteiger partial charge in [0.2, 0.25) is 17.8 Å². The molecule has 1 saturated heterocycles. The number of imidazole rings is 1. The Morgan fingerprint density at radius 2 is 1.50 bits per heavy atom. The number of aromatic nitrogens is 10. The highest BCUT2D eigenvalue weighted by Gasteiger charge is 2.27. The van der Waals surface area contributed by atoms with Gasteiger partial charge in [-0.15, -0.1) is 0 Å². The fraction of sp³-hybridized carbons (Fsp3) is 0.417. The maximum atomic E-state index is 13.6. The molecule has 8 rings (SSSR count). The highest BCUT2D eigenvalue weighted by molar-refractivity contribution is 6.12. The number of fused-ring (bicyclic) bond motifs is 4. The largest absolute Gasteiger partial charge is 0.491 e. The van der Waals surface area contributed by atoms with Crippen LogP contribution in [0.2, 0.25) is 0 Å². The van der Waals surface area contributed by atoms with Crippen molar-refractivity contribution in [3.63, 3.8) is 0 Å². The van der Waals surface area contributed by atoms with E-state index in [1.165, 1.54) is 6.20 Å². The van der Waals surface area contributed by atoms with Crippen LogP contribution in [0.3, 0.4) is 0 Å². The maximum Gasteiger partial charge on any atom is 0.410 e. The first-order valence-electron chi connectivity index (χ1n) is 23.0. The van der Waals surface area contributed by atoms with Crippen molar-refractivity contribution in [3.8, 4) is 17.3 Å². The number of pyridine rings is 1. The van der Waals surface area contributed by atoms with Crippen LogP contribution in [0.15, 0.2) is 54.9 Å². The van der Waals surface area contributed by atoms with Gasteiger partial charge in [-0.2, -0.15) is 10.2 Å². The SMILES string of the molecule is CCn1nc(C)cc1C(=O)Nc1nc2cc(C(N)=O)cnc2n1C/C=C/Cn1c2nc(-c3cc(C)nn3CC)ncc2c2cc(C(N)=O)cc(OCCCC3CCN(C(=O)OC(C)(C)C)CC3)c21. The molecule has 5 N–H and O–H groups in total. The van der Waals surface area contributed by atoms with Crippen molar-refractivity contribution in [1.29, 1.82) is 0 Å². The van der Waals surface area contributed by atoms with Gasteiger partial charge in [0.15, 0.2) is 11.5 Å². The van der Waals surface area contributed by atoms with E-state index < -0.39 is 23.3 Å². The predicted molar refractivity (Wildman–Crippen MR) is 256 cm³/mol. The minimum Gasteiger partial charge on any atom is -0.491 e. The lowest BCUT2D eigenvalue weighted by molar-refractivity contribution is 0.0179. The van der Waals surface area contributed by atoms with Gasteiger partial charge in [-0.05, 0) is 110 Å². The number of hydrogen-bond donors (Lipinski definition) is 3. The minimum atomic E-state index is -0.655. The quantitative estimate of drug-likeness (QED) is 0.0689. The first-order valence-corrected chi connectivity index (χ1v) is 23.0. The zero-order valence-electron chi connectivity index (χ0n) is 39.6. The molecule has 0 unspecified atom stereocenters. The van der Waals surface area contributed by atoms with Gasteiger partial charge in [-0.1, -0.05) is 12.2 Å². The normalized spacial score (nSPS) is 13.6. The fourth-order valence-corrected chi connectivity index (χ4v) is 8.68. The third kappa shape index (κ3) is 9.89. The van der Waals surface area contributed by atoms with Gasteiger partial charge in [0, 0.05) is 68.0 Å². The molecule has 20 heteroatoms. The fourth-order valence-electron chi connectivity index (χ4n) is 8.68. The Kier molecular flexibility index (Phi) is 13.3. The summed E-state index contributed by atoms with van der Waals surface area (Å²) >= 11 is 0. The Morgan fingerprint density at radius 3 is 2.19 bits per heavy atom. The van der Waals surface area contributed by atoms with Gasteiger partial charge >= 0.3 is 6.09 Å². The highest BCUT2D eigenvalue weighted by atomic mass is 16.6. The summed E-state index contributed by atoms with van der Waals surface area (Å²) in [6.07, 6.45) is 10.1. The average Bonchev–Trinajstić information content (AvgIpc) is 4.06. The number of ether oxygens (including phenoxy) is 2. The number of nitrogens with two attached hydrogens (primary N) is 2. The number of piperidine rings is 1. The number of carbonyl (C=O) groups is 4. The van der Waals surface area contributed by atoms with Crippen molar-refractivity contribution >= 4 is 62.9 Å².